The lowest BCUT2D eigenvalue weighted by molar-refractivity contribution is 0.0524. The molecule has 118 valence electrons. The van der Waals surface area contributed by atoms with Crippen LogP contribution in [-0.4, -0.2) is 27.3 Å². The molecule has 0 saturated heterocycles. The molecule has 3 aromatic rings. The summed E-state index contributed by atoms with van der Waals surface area (Å²) in [5.74, 6) is -0.620. The summed E-state index contributed by atoms with van der Waals surface area (Å²) < 4.78 is 6.65. The average molecular weight is 311 g/mol. The Morgan fingerprint density at radius 2 is 2.04 bits per heavy atom. The molecular weight excluding hydrogens is 294 g/mol. The van der Waals surface area contributed by atoms with Crippen LogP contribution < -0.4 is 5.43 Å². The monoisotopic (exact) mass is 311 g/mol. The molecule has 0 atom stereocenters. The highest BCUT2D eigenvalue weighted by atomic mass is 16.5. The fourth-order valence-electron chi connectivity index (χ4n) is 2.57. The van der Waals surface area contributed by atoms with E-state index in [2.05, 4.69) is 10.1 Å². The number of rotatable bonds is 4. The van der Waals surface area contributed by atoms with E-state index in [9.17, 15) is 9.59 Å². The normalized spacial score (nSPS) is 10.9. The quantitative estimate of drug-likeness (QED) is 0.750. The minimum absolute atomic E-state index is 0.00158. The van der Waals surface area contributed by atoms with Gasteiger partial charge in [0.1, 0.15) is 11.2 Å². The largest absolute Gasteiger partial charge is 0.462 e. The molecule has 0 fully saturated rings. The van der Waals surface area contributed by atoms with Gasteiger partial charge in [0.05, 0.1) is 24.2 Å². The summed E-state index contributed by atoms with van der Waals surface area (Å²) in [5.41, 5.74) is 1.91. The van der Waals surface area contributed by atoms with Crippen molar-refractivity contribution in [1.29, 1.82) is 0 Å². The van der Waals surface area contributed by atoms with E-state index in [0.29, 0.717) is 23.3 Å². The van der Waals surface area contributed by atoms with Crippen molar-refractivity contribution in [2.75, 3.05) is 6.61 Å². The van der Waals surface area contributed by atoms with Crippen LogP contribution in [0, 0.1) is 6.92 Å². The van der Waals surface area contributed by atoms with Crippen molar-refractivity contribution in [3.8, 4) is 0 Å². The molecule has 0 bridgehead atoms. The standard InChI is InChI=1S/C17H17N3O3/c1-3-23-17(22)13-9-18-16-14(15(13)21)11(2)19-20(16)10-12-7-5-4-6-8-12/h4-9H,3,10H2,1-2H3,(H,18,21). The number of fused-ring (bicyclic) bond motifs is 1. The second-order valence-electron chi connectivity index (χ2n) is 5.20. The SMILES string of the molecule is CCOC(=O)c1c[nH]c2c(c(C)nn2Cc2ccccc2)c1=O. The van der Waals surface area contributed by atoms with Crippen molar-refractivity contribution in [3.63, 3.8) is 0 Å². The maximum Gasteiger partial charge on any atom is 0.343 e. The van der Waals surface area contributed by atoms with Crippen molar-refractivity contribution >= 4 is 17.0 Å². The minimum atomic E-state index is -0.620. The summed E-state index contributed by atoms with van der Waals surface area (Å²) in [5, 5.41) is 4.85. The first-order valence-corrected chi connectivity index (χ1v) is 7.41. The number of ether oxygens (including phenoxy) is 1. The fourth-order valence-corrected chi connectivity index (χ4v) is 2.57. The summed E-state index contributed by atoms with van der Waals surface area (Å²) in [6.07, 6.45) is 1.39. The number of pyridine rings is 1. The van der Waals surface area contributed by atoms with E-state index in [1.165, 1.54) is 6.20 Å². The van der Waals surface area contributed by atoms with E-state index in [0.717, 1.165) is 5.56 Å². The lowest BCUT2D eigenvalue weighted by atomic mass is 10.2. The number of aromatic amines is 1. The molecule has 0 radical (unpaired) electrons. The fraction of sp³-hybridized carbons (Fsp3) is 0.235. The number of H-pyrrole nitrogens is 1. The summed E-state index contributed by atoms with van der Waals surface area (Å²) >= 11 is 0. The first kappa shape index (κ1) is 15.0. The number of carbonyl (C=O) groups is 1. The number of carbonyl (C=O) groups excluding carboxylic acids is 1. The molecule has 0 aliphatic rings. The average Bonchev–Trinajstić information content (AvgIpc) is 2.85. The predicted octanol–water partition coefficient (Wildman–Crippen LogP) is 2.26. The van der Waals surface area contributed by atoms with Gasteiger partial charge >= 0.3 is 5.97 Å². The molecule has 1 N–H and O–H groups in total. The highest BCUT2D eigenvalue weighted by Crippen LogP contribution is 2.15. The van der Waals surface area contributed by atoms with Crippen LogP contribution in [0.25, 0.3) is 11.0 Å². The van der Waals surface area contributed by atoms with Gasteiger partial charge in [0.2, 0.25) is 5.43 Å². The predicted molar refractivity (Wildman–Crippen MR) is 86.6 cm³/mol. The van der Waals surface area contributed by atoms with Crippen molar-refractivity contribution in [3.05, 3.63) is 63.6 Å². The Bertz CT molecular complexity index is 910. The summed E-state index contributed by atoms with van der Waals surface area (Å²) in [6, 6.07) is 9.84. The maximum atomic E-state index is 12.6. The van der Waals surface area contributed by atoms with Crippen molar-refractivity contribution in [2.24, 2.45) is 0 Å². The van der Waals surface area contributed by atoms with E-state index in [4.69, 9.17) is 4.74 Å². The van der Waals surface area contributed by atoms with Crippen LogP contribution in [0.3, 0.4) is 0 Å². The zero-order chi connectivity index (χ0) is 16.4. The smallest absolute Gasteiger partial charge is 0.343 e. The molecule has 2 aromatic heterocycles. The van der Waals surface area contributed by atoms with E-state index >= 15 is 0 Å². The van der Waals surface area contributed by atoms with Crippen LogP contribution in [0.15, 0.2) is 41.3 Å². The lowest BCUT2D eigenvalue weighted by Crippen LogP contribution is -2.18. The van der Waals surface area contributed by atoms with Crippen molar-refractivity contribution in [2.45, 2.75) is 20.4 Å². The molecule has 23 heavy (non-hydrogen) atoms. The van der Waals surface area contributed by atoms with Crippen LogP contribution in [0.2, 0.25) is 0 Å². The third-order valence-corrected chi connectivity index (χ3v) is 3.62. The van der Waals surface area contributed by atoms with Gasteiger partial charge < -0.3 is 9.72 Å². The van der Waals surface area contributed by atoms with Gasteiger partial charge in [0.25, 0.3) is 0 Å². The summed E-state index contributed by atoms with van der Waals surface area (Å²) in [7, 11) is 0. The first-order chi connectivity index (χ1) is 11.1. The van der Waals surface area contributed by atoms with Gasteiger partial charge in [0.15, 0.2) is 0 Å². The second-order valence-corrected chi connectivity index (χ2v) is 5.20. The number of hydrogen-bond donors (Lipinski definition) is 1. The number of aryl methyl sites for hydroxylation is 1. The van der Waals surface area contributed by atoms with Gasteiger partial charge in [-0.05, 0) is 19.4 Å². The highest BCUT2D eigenvalue weighted by molar-refractivity contribution is 5.93. The van der Waals surface area contributed by atoms with Crippen LogP contribution in [0.5, 0.6) is 0 Å². The molecule has 0 aliphatic heterocycles. The molecule has 2 heterocycles. The van der Waals surface area contributed by atoms with Gasteiger partial charge in [-0.2, -0.15) is 5.10 Å². The molecule has 0 spiro atoms. The zero-order valence-corrected chi connectivity index (χ0v) is 13.0. The summed E-state index contributed by atoms with van der Waals surface area (Å²) in [4.78, 5) is 27.4. The van der Waals surface area contributed by atoms with Crippen molar-refractivity contribution < 1.29 is 9.53 Å². The van der Waals surface area contributed by atoms with E-state index in [1.807, 2.05) is 30.3 Å². The molecular formula is C17H17N3O3. The number of nitrogens with zero attached hydrogens (tertiary/aromatic N) is 2. The Morgan fingerprint density at radius 1 is 1.30 bits per heavy atom. The van der Waals surface area contributed by atoms with Crippen LogP contribution in [0.1, 0.15) is 28.5 Å². The number of esters is 1. The Kier molecular flexibility index (Phi) is 3.97. The third kappa shape index (κ3) is 2.75. The Hall–Kier alpha value is -2.89. The van der Waals surface area contributed by atoms with Gasteiger partial charge in [-0.15, -0.1) is 0 Å². The van der Waals surface area contributed by atoms with Crippen LogP contribution >= 0.6 is 0 Å². The second kappa shape index (κ2) is 6.08. The van der Waals surface area contributed by atoms with Gasteiger partial charge in [-0.25, -0.2) is 9.48 Å². The first-order valence-electron chi connectivity index (χ1n) is 7.41. The Balaban J connectivity index is 2.08. The number of aromatic nitrogens is 3. The van der Waals surface area contributed by atoms with Gasteiger partial charge in [-0.1, -0.05) is 30.3 Å². The number of nitrogens with one attached hydrogen (secondary N) is 1. The summed E-state index contributed by atoms with van der Waals surface area (Å²) in [6.45, 7) is 4.23. The lowest BCUT2D eigenvalue weighted by Gasteiger charge is -2.04. The number of benzene rings is 1. The molecule has 6 nitrogen and oxygen atoms in total. The third-order valence-electron chi connectivity index (χ3n) is 3.62. The Labute approximate surface area is 132 Å². The zero-order valence-electron chi connectivity index (χ0n) is 13.0. The molecule has 0 saturated carbocycles. The van der Waals surface area contributed by atoms with Crippen LogP contribution in [-0.2, 0) is 11.3 Å². The molecule has 6 heteroatoms. The van der Waals surface area contributed by atoms with E-state index in [-0.39, 0.29) is 17.6 Å². The number of hydrogen-bond acceptors (Lipinski definition) is 4. The van der Waals surface area contributed by atoms with Gasteiger partial charge in [0, 0.05) is 6.20 Å². The van der Waals surface area contributed by atoms with E-state index in [1.54, 1.807) is 18.5 Å². The Morgan fingerprint density at radius 3 is 2.74 bits per heavy atom. The molecule has 0 amide bonds. The molecule has 3 rings (SSSR count). The van der Waals surface area contributed by atoms with E-state index < -0.39 is 5.97 Å². The van der Waals surface area contributed by atoms with Crippen LogP contribution in [0.4, 0.5) is 0 Å². The maximum absolute atomic E-state index is 12.6. The topological polar surface area (TPSA) is 77.0 Å². The molecule has 0 aliphatic carbocycles. The van der Waals surface area contributed by atoms with Crippen molar-refractivity contribution in [1.82, 2.24) is 14.8 Å². The minimum Gasteiger partial charge on any atom is -0.462 e. The molecule has 0 unspecified atom stereocenters. The molecule has 1 aromatic carbocycles. The van der Waals surface area contributed by atoms with Gasteiger partial charge in [-0.3, -0.25) is 4.79 Å². The highest BCUT2D eigenvalue weighted by Gasteiger charge is 2.18.